The lowest BCUT2D eigenvalue weighted by Crippen LogP contribution is -2.20. The standard InChI is InChI=1S/C15H9ClF6N4OS/c1-6(2)11-12(15(20,21)22)28-13-23-7(3-10(27)26(11)13)5-25-8(14(17,18)19)4-9(16)24-25/h3-4H,1,5H2,2H3. The number of nitrogens with zero attached hydrogens (tertiary/aromatic N) is 4. The maximum absolute atomic E-state index is 13.3. The summed E-state index contributed by atoms with van der Waals surface area (Å²) >= 11 is 5.72. The molecule has 0 bridgehead atoms. The highest BCUT2D eigenvalue weighted by atomic mass is 35.5. The Labute approximate surface area is 161 Å². The van der Waals surface area contributed by atoms with E-state index in [0.29, 0.717) is 10.7 Å². The average molecular weight is 443 g/mol. The first-order chi connectivity index (χ1) is 12.8. The summed E-state index contributed by atoms with van der Waals surface area (Å²) in [6, 6.07) is 1.45. The Balaban J connectivity index is 2.17. The molecule has 0 N–H and O–H groups in total. The van der Waals surface area contributed by atoms with E-state index in [2.05, 4.69) is 16.7 Å². The van der Waals surface area contributed by atoms with Crippen LogP contribution < -0.4 is 5.56 Å². The number of rotatable bonds is 3. The normalized spacial score (nSPS) is 12.7. The monoisotopic (exact) mass is 442 g/mol. The highest BCUT2D eigenvalue weighted by Crippen LogP contribution is 2.39. The molecule has 0 spiro atoms. The van der Waals surface area contributed by atoms with Gasteiger partial charge in [-0.3, -0.25) is 13.9 Å². The van der Waals surface area contributed by atoms with Crippen molar-refractivity contribution in [2.24, 2.45) is 0 Å². The molecule has 150 valence electrons. The van der Waals surface area contributed by atoms with Crippen LogP contribution in [-0.4, -0.2) is 19.2 Å². The molecule has 0 aromatic carbocycles. The van der Waals surface area contributed by atoms with Gasteiger partial charge in [0.25, 0.3) is 5.56 Å². The van der Waals surface area contributed by atoms with Gasteiger partial charge in [0.15, 0.2) is 10.1 Å². The van der Waals surface area contributed by atoms with Crippen molar-refractivity contribution in [1.29, 1.82) is 0 Å². The minimum absolute atomic E-state index is 0.00607. The van der Waals surface area contributed by atoms with Gasteiger partial charge in [-0.15, -0.1) is 0 Å². The number of hydrogen-bond acceptors (Lipinski definition) is 4. The summed E-state index contributed by atoms with van der Waals surface area (Å²) in [4.78, 5) is 14.9. The van der Waals surface area contributed by atoms with Crippen molar-refractivity contribution < 1.29 is 26.3 Å². The summed E-state index contributed by atoms with van der Waals surface area (Å²) in [5, 5.41) is 3.07. The molecule has 0 radical (unpaired) electrons. The van der Waals surface area contributed by atoms with Crippen LogP contribution in [0.3, 0.4) is 0 Å². The summed E-state index contributed by atoms with van der Waals surface area (Å²) in [6.07, 6.45) is -9.52. The summed E-state index contributed by atoms with van der Waals surface area (Å²) in [7, 11) is 0. The van der Waals surface area contributed by atoms with Gasteiger partial charge in [0, 0.05) is 12.1 Å². The molecule has 0 saturated carbocycles. The Morgan fingerprint density at radius 1 is 1.21 bits per heavy atom. The van der Waals surface area contributed by atoms with Crippen LogP contribution in [0.2, 0.25) is 5.15 Å². The van der Waals surface area contributed by atoms with E-state index in [0.717, 1.165) is 10.5 Å². The van der Waals surface area contributed by atoms with Gasteiger partial charge in [0.1, 0.15) is 10.6 Å². The molecule has 28 heavy (non-hydrogen) atoms. The Hall–Kier alpha value is -2.34. The third kappa shape index (κ3) is 3.65. The second-order valence-corrected chi connectivity index (χ2v) is 7.13. The maximum atomic E-state index is 13.3. The van der Waals surface area contributed by atoms with E-state index in [9.17, 15) is 31.1 Å². The summed E-state index contributed by atoms with van der Waals surface area (Å²) in [5.74, 6) is 0. The van der Waals surface area contributed by atoms with Gasteiger partial charge in [0.2, 0.25) is 0 Å². The molecule has 0 aliphatic carbocycles. The van der Waals surface area contributed by atoms with Gasteiger partial charge in [-0.2, -0.15) is 31.4 Å². The lowest BCUT2D eigenvalue weighted by atomic mass is 10.2. The van der Waals surface area contributed by atoms with Crippen LogP contribution in [-0.2, 0) is 18.9 Å². The number of aromatic nitrogens is 4. The second kappa shape index (κ2) is 6.62. The van der Waals surface area contributed by atoms with Gasteiger partial charge in [-0.1, -0.05) is 29.5 Å². The van der Waals surface area contributed by atoms with E-state index < -0.39 is 45.9 Å². The zero-order valence-corrected chi connectivity index (χ0v) is 15.4. The van der Waals surface area contributed by atoms with Crippen molar-refractivity contribution in [1.82, 2.24) is 19.2 Å². The fourth-order valence-electron chi connectivity index (χ4n) is 2.57. The molecule has 0 aliphatic heterocycles. The first-order valence-corrected chi connectivity index (χ1v) is 8.57. The van der Waals surface area contributed by atoms with Crippen molar-refractivity contribution in [3.05, 3.63) is 56.2 Å². The van der Waals surface area contributed by atoms with Gasteiger partial charge < -0.3 is 0 Å². The topological polar surface area (TPSA) is 52.2 Å². The van der Waals surface area contributed by atoms with Gasteiger partial charge in [-0.05, 0) is 12.5 Å². The number of halogens is 7. The van der Waals surface area contributed by atoms with Crippen LogP contribution in [0.1, 0.15) is 28.9 Å². The van der Waals surface area contributed by atoms with E-state index in [-0.39, 0.29) is 27.6 Å². The summed E-state index contributed by atoms with van der Waals surface area (Å²) < 4.78 is 80.2. The van der Waals surface area contributed by atoms with Gasteiger partial charge >= 0.3 is 12.4 Å². The number of hydrogen-bond donors (Lipinski definition) is 0. The van der Waals surface area contributed by atoms with E-state index >= 15 is 0 Å². The quantitative estimate of drug-likeness (QED) is 0.551. The van der Waals surface area contributed by atoms with Crippen LogP contribution in [0.15, 0.2) is 23.5 Å². The van der Waals surface area contributed by atoms with Gasteiger partial charge in [0.05, 0.1) is 17.9 Å². The molecule has 3 aromatic rings. The molecular formula is C15H9ClF6N4OS. The lowest BCUT2D eigenvalue weighted by Gasteiger charge is -2.10. The zero-order chi connectivity index (χ0) is 21.0. The first kappa shape index (κ1) is 20.4. The minimum Gasteiger partial charge on any atom is -0.269 e. The van der Waals surface area contributed by atoms with E-state index in [1.54, 1.807) is 0 Å². The Morgan fingerprint density at radius 2 is 1.86 bits per heavy atom. The van der Waals surface area contributed by atoms with Crippen LogP contribution in [0.5, 0.6) is 0 Å². The maximum Gasteiger partial charge on any atom is 0.433 e. The molecular weight excluding hydrogens is 434 g/mol. The highest BCUT2D eigenvalue weighted by Gasteiger charge is 2.38. The first-order valence-electron chi connectivity index (χ1n) is 7.38. The number of thiazole rings is 1. The molecule has 5 nitrogen and oxygen atoms in total. The molecule has 0 fully saturated rings. The van der Waals surface area contributed by atoms with Crippen molar-refractivity contribution in [3.63, 3.8) is 0 Å². The Kier molecular flexibility index (Phi) is 4.82. The molecule has 3 rings (SSSR count). The molecule has 3 aromatic heterocycles. The number of fused-ring (bicyclic) bond motifs is 1. The average Bonchev–Trinajstić information content (AvgIpc) is 3.07. The third-order valence-electron chi connectivity index (χ3n) is 3.59. The lowest BCUT2D eigenvalue weighted by molar-refractivity contribution is -0.144. The summed E-state index contributed by atoms with van der Waals surface area (Å²) in [6.45, 7) is 4.16. The largest absolute Gasteiger partial charge is 0.433 e. The SMILES string of the molecule is C=C(C)c1c(C(F)(F)F)sc2nc(Cn3nc(Cl)cc3C(F)(F)F)cc(=O)n12. The van der Waals surface area contributed by atoms with Crippen LogP contribution in [0, 0.1) is 0 Å². The van der Waals surface area contributed by atoms with Crippen molar-refractivity contribution in [3.8, 4) is 0 Å². The smallest absolute Gasteiger partial charge is 0.269 e. The molecule has 0 amide bonds. The van der Waals surface area contributed by atoms with E-state index in [4.69, 9.17) is 11.6 Å². The fourth-order valence-corrected chi connectivity index (χ4v) is 3.86. The van der Waals surface area contributed by atoms with Crippen molar-refractivity contribution >= 4 is 33.5 Å². The van der Waals surface area contributed by atoms with Crippen LogP contribution >= 0.6 is 22.9 Å². The molecule has 0 unspecified atom stereocenters. The van der Waals surface area contributed by atoms with E-state index in [1.807, 2.05) is 0 Å². The molecule has 13 heteroatoms. The highest BCUT2D eigenvalue weighted by molar-refractivity contribution is 7.17. The second-order valence-electron chi connectivity index (χ2n) is 5.77. The molecule has 3 heterocycles. The Bertz CT molecular complexity index is 1140. The van der Waals surface area contributed by atoms with Crippen molar-refractivity contribution in [2.45, 2.75) is 25.8 Å². The zero-order valence-electron chi connectivity index (χ0n) is 13.8. The predicted octanol–water partition coefficient (Wildman–Crippen LogP) is 4.72. The molecule has 0 saturated heterocycles. The number of allylic oxidation sites excluding steroid dienone is 1. The molecule has 0 atom stereocenters. The number of alkyl halides is 6. The van der Waals surface area contributed by atoms with E-state index in [1.165, 1.54) is 6.92 Å². The Morgan fingerprint density at radius 3 is 2.39 bits per heavy atom. The predicted molar refractivity (Wildman–Crippen MR) is 90.4 cm³/mol. The van der Waals surface area contributed by atoms with Gasteiger partial charge in [-0.25, -0.2) is 4.98 Å². The van der Waals surface area contributed by atoms with Crippen molar-refractivity contribution in [2.75, 3.05) is 0 Å². The van der Waals surface area contributed by atoms with Crippen LogP contribution in [0.25, 0.3) is 10.5 Å². The van der Waals surface area contributed by atoms with Crippen LogP contribution in [0.4, 0.5) is 26.3 Å². The molecule has 0 aliphatic rings. The fraction of sp³-hybridized carbons (Fsp3) is 0.267. The summed E-state index contributed by atoms with van der Waals surface area (Å²) in [5.41, 5.74) is -2.69. The third-order valence-corrected chi connectivity index (χ3v) is 4.86. The minimum atomic E-state index is -4.77.